The highest BCUT2D eigenvalue weighted by molar-refractivity contribution is 5.89. The van der Waals surface area contributed by atoms with Crippen molar-refractivity contribution >= 4 is 5.97 Å². The van der Waals surface area contributed by atoms with Gasteiger partial charge < -0.3 is 9.47 Å². The first-order valence-electron chi connectivity index (χ1n) is 5.01. The lowest BCUT2D eigenvalue weighted by Crippen LogP contribution is -2.09. The van der Waals surface area contributed by atoms with E-state index in [0.717, 1.165) is 11.3 Å². The molecule has 0 aromatic heterocycles. The first-order valence-corrected chi connectivity index (χ1v) is 5.01. The van der Waals surface area contributed by atoms with Crippen LogP contribution < -0.4 is 4.74 Å². The molecule has 86 valence electrons. The van der Waals surface area contributed by atoms with Crippen LogP contribution in [0.4, 0.5) is 0 Å². The number of methoxy groups -OCH3 is 2. The van der Waals surface area contributed by atoms with Gasteiger partial charge in [-0.1, -0.05) is 25.6 Å². The van der Waals surface area contributed by atoms with Crippen molar-refractivity contribution in [2.24, 2.45) is 0 Å². The molecule has 0 saturated carbocycles. The van der Waals surface area contributed by atoms with Gasteiger partial charge in [-0.25, -0.2) is 4.79 Å². The van der Waals surface area contributed by atoms with Crippen LogP contribution in [-0.4, -0.2) is 20.2 Å². The van der Waals surface area contributed by atoms with Gasteiger partial charge in [-0.05, 0) is 17.7 Å². The lowest BCUT2D eigenvalue weighted by atomic mass is 9.94. The van der Waals surface area contributed by atoms with Crippen molar-refractivity contribution in [2.75, 3.05) is 14.2 Å². The predicted molar refractivity (Wildman–Crippen MR) is 62.6 cm³/mol. The summed E-state index contributed by atoms with van der Waals surface area (Å²) in [6.45, 7) is 5.66. The van der Waals surface area contributed by atoms with Crippen LogP contribution in [0.5, 0.6) is 5.75 Å². The number of rotatable bonds is 4. The quantitative estimate of drug-likeness (QED) is 0.577. The molecule has 0 heterocycles. The van der Waals surface area contributed by atoms with Crippen molar-refractivity contribution in [1.29, 1.82) is 0 Å². The molecule has 0 radical (unpaired) electrons. The SMILES string of the molecule is C=C(C(=O)OC)[C@H](C)c1ccc(OC)cc1. The van der Waals surface area contributed by atoms with Crippen LogP contribution in [0.25, 0.3) is 0 Å². The van der Waals surface area contributed by atoms with Crippen LogP contribution in [0.2, 0.25) is 0 Å². The van der Waals surface area contributed by atoms with Crippen LogP contribution in [0.15, 0.2) is 36.4 Å². The van der Waals surface area contributed by atoms with Crippen LogP contribution >= 0.6 is 0 Å². The van der Waals surface area contributed by atoms with Crippen LogP contribution in [-0.2, 0) is 9.53 Å². The summed E-state index contributed by atoms with van der Waals surface area (Å²) >= 11 is 0. The van der Waals surface area contributed by atoms with Crippen molar-refractivity contribution in [3.8, 4) is 5.75 Å². The van der Waals surface area contributed by atoms with E-state index in [2.05, 4.69) is 11.3 Å². The van der Waals surface area contributed by atoms with Gasteiger partial charge in [0, 0.05) is 11.5 Å². The highest BCUT2D eigenvalue weighted by Gasteiger charge is 2.16. The fourth-order valence-electron chi connectivity index (χ4n) is 1.40. The van der Waals surface area contributed by atoms with Crippen molar-refractivity contribution in [3.05, 3.63) is 42.0 Å². The molecule has 0 unspecified atom stereocenters. The molecule has 1 aromatic rings. The van der Waals surface area contributed by atoms with E-state index in [1.807, 2.05) is 31.2 Å². The van der Waals surface area contributed by atoms with Crippen LogP contribution in [0.1, 0.15) is 18.4 Å². The van der Waals surface area contributed by atoms with E-state index in [-0.39, 0.29) is 11.9 Å². The zero-order valence-electron chi connectivity index (χ0n) is 9.82. The average Bonchev–Trinajstić information content (AvgIpc) is 2.36. The Morgan fingerprint density at radius 2 is 1.81 bits per heavy atom. The monoisotopic (exact) mass is 220 g/mol. The summed E-state index contributed by atoms with van der Waals surface area (Å²) in [5, 5.41) is 0. The number of hydrogen-bond donors (Lipinski definition) is 0. The molecule has 1 aromatic carbocycles. The maximum atomic E-state index is 11.3. The lowest BCUT2D eigenvalue weighted by Gasteiger charge is -2.13. The maximum Gasteiger partial charge on any atom is 0.333 e. The normalized spacial score (nSPS) is 11.7. The minimum Gasteiger partial charge on any atom is -0.497 e. The Morgan fingerprint density at radius 3 is 2.25 bits per heavy atom. The molecule has 0 spiro atoms. The molecule has 1 atom stereocenters. The summed E-state index contributed by atoms with van der Waals surface area (Å²) in [7, 11) is 2.97. The fourth-order valence-corrected chi connectivity index (χ4v) is 1.40. The third-order valence-electron chi connectivity index (χ3n) is 2.59. The number of ether oxygens (including phenoxy) is 2. The number of esters is 1. The van der Waals surface area contributed by atoms with E-state index in [1.54, 1.807) is 7.11 Å². The number of benzene rings is 1. The van der Waals surface area contributed by atoms with Gasteiger partial charge in [0.05, 0.1) is 14.2 Å². The van der Waals surface area contributed by atoms with Gasteiger partial charge in [0.2, 0.25) is 0 Å². The molecule has 16 heavy (non-hydrogen) atoms. The summed E-state index contributed by atoms with van der Waals surface area (Å²) in [6, 6.07) is 7.54. The Bertz CT molecular complexity index is 379. The minimum absolute atomic E-state index is 0.0571. The molecule has 0 amide bonds. The second-order valence-electron chi connectivity index (χ2n) is 3.51. The summed E-state index contributed by atoms with van der Waals surface area (Å²) in [5.74, 6) is 0.362. The summed E-state index contributed by atoms with van der Waals surface area (Å²) in [5.41, 5.74) is 1.46. The Balaban J connectivity index is 2.83. The zero-order valence-corrected chi connectivity index (χ0v) is 9.82. The van der Waals surface area contributed by atoms with E-state index < -0.39 is 0 Å². The molecule has 3 heteroatoms. The topological polar surface area (TPSA) is 35.5 Å². The lowest BCUT2D eigenvalue weighted by molar-refractivity contribution is -0.136. The number of hydrogen-bond acceptors (Lipinski definition) is 3. The number of carbonyl (C=O) groups excluding carboxylic acids is 1. The number of carbonyl (C=O) groups is 1. The van der Waals surface area contributed by atoms with Gasteiger partial charge in [-0.2, -0.15) is 0 Å². The van der Waals surface area contributed by atoms with Gasteiger partial charge in [0.1, 0.15) is 5.75 Å². The Kier molecular flexibility index (Phi) is 4.11. The van der Waals surface area contributed by atoms with Gasteiger partial charge in [-0.15, -0.1) is 0 Å². The summed E-state index contributed by atoms with van der Waals surface area (Å²) < 4.78 is 9.70. The largest absolute Gasteiger partial charge is 0.497 e. The Morgan fingerprint density at radius 1 is 1.25 bits per heavy atom. The predicted octanol–water partition coefficient (Wildman–Crippen LogP) is 2.53. The summed E-state index contributed by atoms with van der Waals surface area (Å²) in [4.78, 5) is 11.3. The molecule has 0 bridgehead atoms. The Labute approximate surface area is 95.7 Å². The van der Waals surface area contributed by atoms with E-state index in [4.69, 9.17) is 4.74 Å². The van der Waals surface area contributed by atoms with E-state index >= 15 is 0 Å². The van der Waals surface area contributed by atoms with E-state index in [9.17, 15) is 4.79 Å². The molecule has 0 aliphatic rings. The van der Waals surface area contributed by atoms with E-state index in [0.29, 0.717) is 5.57 Å². The third kappa shape index (κ3) is 2.63. The molecule has 0 aliphatic heterocycles. The third-order valence-corrected chi connectivity index (χ3v) is 2.59. The maximum absolute atomic E-state index is 11.3. The molecular formula is C13H16O3. The van der Waals surface area contributed by atoms with Gasteiger partial charge in [-0.3, -0.25) is 0 Å². The molecule has 0 N–H and O–H groups in total. The first kappa shape index (κ1) is 12.3. The smallest absolute Gasteiger partial charge is 0.333 e. The Hall–Kier alpha value is -1.77. The second kappa shape index (κ2) is 5.35. The standard InChI is InChI=1S/C13H16O3/c1-9(10(2)13(14)16-4)11-5-7-12(15-3)8-6-11/h5-9H,2H2,1,3-4H3/t9-/m0/s1. The highest BCUT2D eigenvalue weighted by atomic mass is 16.5. The molecule has 0 saturated heterocycles. The molecule has 0 fully saturated rings. The average molecular weight is 220 g/mol. The van der Waals surface area contributed by atoms with Crippen molar-refractivity contribution in [2.45, 2.75) is 12.8 Å². The molecule has 0 aliphatic carbocycles. The van der Waals surface area contributed by atoms with Crippen molar-refractivity contribution in [1.82, 2.24) is 0 Å². The van der Waals surface area contributed by atoms with Crippen LogP contribution in [0, 0.1) is 0 Å². The zero-order chi connectivity index (χ0) is 12.1. The molecule has 1 rings (SSSR count). The minimum atomic E-state index is -0.372. The summed E-state index contributed by atoms with van der Waals surface area (Å²) in [6.07, 6.45) is 0. The van der Waals surface area contributed by atoms with Gasteiger partial charge in [0.25, 0.3) is 0 Å². The van der Waals surface area contributed by atoms with Crippen molar-refractivity contribution in [3.63, 3.8) is 0 Å². The molecular weight excluding hydrogens is 204 g/mol. The fraction of sp³-hybridized carbons (Fsp3) is 0.308. The first-order chi connectivity index (χ1) is 7.60. The molecule has 3 nitrogen and oxygen atoms in total. The van der Waals surface area contributed by atoms with E-state index in [1.165, 1.54) is 7.11 Å². The van der Waals surface area contributed by atoms with Crippen molar-refractivity contribution < 1.29 is 14.3 Å². The van der Waals surface area contributed by atoms with Gasteiger partial charge >= 0.3 is 5.97 Å². The van der Waals surface area contributed by atoms with Gasteiger partial charge in [0.15, 0.2) is 0 Å². The second-order valence-corrected chi connectivity index (χ2v) is 3.51. The highest BCUT2D eigenvalue weighted by Crippen LogP contribution is 2.25. The van der Waals surface area contributed by atoms with Crippen LogP contribution in [0.3, 0.4) is 0 Å².